The van der Waals surface area contributed by atoms with Crippen LogP contribution in [0.15, 0.2) is 40.1 Å². The molecule has 3 aliphatic rings. The van der Waals surface area contributed by atoms with E-state index in [9.17, 15) is 9.59 Å². The molecule has 1 heterocycles. The standard InChI is InChI=1S/C21H28N2O2/c1-3-17-14(2)18-11-10-16(13-19(18)23-21(17)25)22-20(24)12-9-15-7-5-4-6-8-15/h10-11,13,15,18H,3-9,12H2,1-2H3,(H,23,25). The summed E-state index contributed by atoms with van der Waals surface area (Å²) in [6.07, 6.45) is 14.5. The number of hydrogen-bond donors (Lipinski definition) is 1. The van der Waals surface area contributed by atoms with Crippen LogP contribution in [0.1, 0.15) is 65.2 Å². The van der Waals surface area contributed by atoms with E-state index in [0.717, 1.165) is 29.7 Å². The van der Waals surface area contributed by atoms with E-state index in [0.29, 0.717) is 18.1 Å². The average Bonchev–Trinajstić information content (AvgIpc) is 2.61. The molecule has 1 N–H and O–H groups in total. The van der Waals surface area contributed by atoms with Crippen molar-refractivity contribution in [3.63, 3.8) is 0 Å². The maximum atomic E-state index is 12.2. The molecule has 134 valence electrons. The monoisotopic (exact) mass is 340 g/mol. The largest absolute Gasteiger partial charge is 0.325 e. The van der Waals surface area contributed by atoms with Crippen LogP contribution < -0.4 is 5.32 Å². The Kier molecular flexibility index (Phi) is 5.67. The number of hydrogen-bond acceptors (Lipinski definition) is 2. The fraction of sp³-hybridized carbons (Fsp3) is 0.571. The molecular formula is C21H28N2O2. The summed E-state index contributed by atoms with van der Waals surface area (Å²) in [5.74, 6) is 0.717. The van der Waals surface area contributed by atoms with Crippen molar-refractivity contribution in [2.24, 2.45) is 16.8 Å². The van der Waals surface area contributed by atoms with Gasteiger partial charge in [0.05, 0.1) is 5.71 Å². The molecule has 1 saturated carbocycles. The SMILES string of the molecule is CCC1=C(C)C2C=CC(=NC(=O)CCC3CCCCC3)C=C2NC1=O. The number of fused-ring (bicyclic) bond motifs is 1. The summed E-state index contributed by atoms with van der Waals surface area (Å²) in [7, 11) is 0. The van der Waals surface area contributed by atoms with Crippen LogP contribution in [0.25, 0.3) is 0 Å². The molecule has 0 aromatic carbocycles. The topological polar surface area (TPSA) is 58.5 Å². The van der Waals surface area contributed by atoms with Gasteiger partial charge in [0.15, 0.2) is 0 Å². The lowest BCUT2D eigenvalue weighted by Gasteiger charge is -2.29. The molecular weight excluding hydrogens is 312 g/mol. The Morgan fingerprint density at radius 3 is 2.76 bits per heavy atom. The third-order valence-electron chi connectivity index (χ3n) is 5.67. The van der Waals surface area contributed by atoms with Crippen molar-refractivity contribution in [2.75, 3.05) is 0 Å². The van der Waals surface area contributed by atoms with Gasteiger partial charge in [-0.05, 0) is 37.8 Å². The Hall–Kier alpha value is -1.97. The highest BCUT2D eigenvalue weighted by Crippen LogP contribution is 2.31. The first kappa shape index (κ1) is 17.8. The highest BCUT2D eigenvalue weighted by atomic mass is 16.2. The van der Waals surface area contributed by atoms with Crippen molar-refractivity contribution in [2.45, 2.75) is 65.2 Å². The minimum Gasteiger partial charge on any atom is -0.325 e. The molecule has 2 aliphatic carbocycles. The molecule has 0 saturated heterocycles. The number of nitrogens with one attached hydrogen (secondary N) is 1. The molecule has 0 aromatic heterocycles. The van der Waals surface area contributed by atoms with Crippen LogP contribution in [-0.4, -0.2) is 17.5 Å². The molecule has 4 nitrogen and oxygen atoms in total. The van der Waals surface area contributed by atoms with Gasteiger partial charge in [-0.3, -0.25) is 9.59 Å². The summed E-state index contributed by atoms with van der Waals surface area (Å²) >= 11 is 0. The molecule has 0 aromatic rings. The normalized spacial score (nSPS) is 25.7. The third kappa shape index (κ3) is 4.17. The zero-order chi connectivity index (χ0) is 17.8. The minimum absolute atomic E-state index is 0.0271. The van der Waals surface area contributed by atoms with Crippen molar-refractivity contribution < 1.29 is 9.59 Å². The van der Waals surface area contributed by atoms with E-state index in [1.807, 2.05) is 32.1 Å². The molecule has 0 spiro atoms. The van der Waals surface area contributed by atoms with Crippen LogP contribution in [0, 0.1) is 11.8 Å². The Balaban J connectivity index is 1.64. The third-order valence-corrected chi connectivity index (χ3v) is 5.67. The van der Waals surface area contributed by atoms with Gasteiger partial charge in [-0.1, -0.05) is 50.7 Å². The molecule has 3 rings (SSSR count). The second-order valence-electron chi connectivity index (χ2n) is 7.38. The zero-order valence-corrected chi connectivity index (χ0v) is 15.3. The molecule has 1 fully saturated rings. The second kappa shape index (κ2) is 7.94. The van der Waals surface area contributed by atoms with Gasteiger partial charge >= 0.3 is 0 Å². The van der Waals surface area contributed by atoms with Crippen molar-refractivity contribution in [1.29, 1.82) is 0 Å². The summed E-state index contributed by atoms with van der Waals surface area (Å²) in [6.45, 7) is 4.01. The predicted octanol–water partition coefficient (Wildman–Crippen LogP) is 4.24. The smallest absolute Gasteiger partial charge is 0.251 e. The van der Waals surface area contributed by atoms with E-state index >= 15 is 0 Å². The predicted molar refractivity (Wildman–Crippen MR) is 100 cm³/mol. The first-order valence-electron chi connectivity index (χ1n) is 9.60. The highest BCUT2D eigenvalue weighted by Gasteiger charge is 2.28. The van der Waals surface area contributed by atoms with Crippen LogP contribution in [-0.2, 0) is 9.59 Å². The van der Waals surface area contributed by atoms with Crippen LogP contribution in [0.4, 0.5) is 0 Å². The number of carbonyl (C=O) groups is 2. The minimum atomic E-state index is -0.0517. The first-order chi connectivity index (χ1) is 12.1. The highest BCUT2D eigenvalue weighted by molar-refractivity contribution is 6.11. The lowest BCUT2D eigenvalue weighted by Crippen LogP contribution is -2.36. The Morgan fingerprint density at radius 1 is 1.28 bits per heavy atom. The van der Waals surface area contributed by atoms with Gasteiger partial charge in [-0.2, -0.15) is 0 Å². The molecule has 25 heavy (non-hydrogen) atoms. The Bertz CT molecular complexity index is 676. The molecule has 0 radical (unpaired) electrons. The lowest BCUT2D eigenvalue weighted by molar-refractivity contribution is -0.118. The van der Waals surface area contributed by atoms with E-state index in [2.05, 4.69) is 10.3 Å². The number of amides is 2. The fourth-order valence-corrected chi connectivity index (χ4v) is 4.17. The van der Waals surface area contributed by atoms with Crippen molar-refractivity contribution in [1.82, 2.24) is 5.32 Å². The van der Waals surface area contributed by atoms with Crippen LogP contribution in [0.3, 0.4) is 0 Å². The number of aliphatic imine (C=N–C) groups is 1. The van der Waals surface area contributed by atoms with Crippen molar-refractivity contribution in [3.8, 4) is 0 Å². The van der Waals surface area contributed by atoms with Gasteiger partial charge in [0.25, 0.3) is 5.91 Å². The number of carbonyl (C=O) groups excluding carboxylic acids is 2. The lowest BCUT2D eigenvalue weighted by atomic mass is 9.84. The van der Waals surface area contributed by atoms with E-state index < -0.39 is 0 Å². The quantitative estimate of drug-likeness (QED) is 0.832. The number of allylic oxidation sites excluding steroid dienone is 3. The van der Waals surface area contributed by atoms with Gasteiger partial charge in [-0.25, -0.2) is 4.99 Å². The van der Waals surface area contributed by atoms with Crippen molar-refractivity contribution in [3.05, 3.63) is 35.1 Å². The number of rotatable bonds is 4. The maximum absolute atomic E-state index is 12.2. The molecule has 4 heteroatoms. The Labute approximate surface area is 150 Å². The fourth-order valence-electron chi connectivity index (χ4n) is 4.17. The summed E-state index contributed by atoms with van der Waals surface area (Å²) in [4.78, 5) is 28.6. The van der Waals surface area contributed by atoms with E-state index in [-0.39, 0.29) is 17.7 Å². The average molecular weight is 340 g/mol. The number of nitrogens with zero attached hydrogens (tertiary/aromatic N) is 1. The van der Waals surface area contributed by atoms with Gasteiger partial charge in [0, 0.05) is 23.6 Å². The molecule has 1 atom stereocenters. The van der Waals surface area contributed by atoms with Gasteiger partial charge in [0.2, 0.25) is 5.91 Å². The van der Waals surface area contributed by atoms with Gasteiger partial charge in [0.1, 0.15) is 0 Å². The van der Waals surface area contributed by atoms with Gasteiger partial charge in [-0.15, -0.1) is 0 Å². The van der Waals surface area contributed by atoms with E-state index in [4.69, 9.17) is 0 Å². The second-order valence-corrected chi connectivity index (χ2v) is 7.38. The maximum Gasteiger partial charge on any atom is 0.251 e. The molecule has 0 bridgehead atoms. The van der Waals surface area contributed by atoms with E-state index in [1.165, 1.54) is 32.1 Å². The Morgan fingerprint density at radius 2 is 2.04 bits per heavy atom. The van der Waals surface area contributed by atoms with Crippen molar-refractivity contribution >= 4 is 17.5 Å². The summed E-state index contributed by atoms with van der Waals surface area (Å²) < 4.78 is 0. The molecule has 1 unspecified atom stereocenters. The van der Waals surface area contributed by atoms with Gasteiger partial charge < -0.3 is 5.32 Å². The van der Waals surface area contributed by atoms with Crippen LogP contribution in [0.5, 0.6) is 0 Å². The van der Waals surface area contributed by atoms with Crippen LogP contribution >= 0.6 is 0 Å². The van der Waals surface area contributed by atoms with E-state index in [1.54, 1.807) is 0 Å². The summed E-state index contributed by atoms with van der Waals surface area (Å²) in [5, 5.41) is 2.96. The summed E-state index contributed by atoms with van der Waals surface area (Å²) in [6, 6.07) is 0. The van der Waals surface area contributed by atoms with Crippen LogP contribution in [0.2, 0.25) is 0 Å². The first-order valence-corrected chi connectivity index (χ1v) is 9.60. The summed E-state index contributed by atoms with van der Waals surface area (Å²) in [5.41, 5.74) is 3.43. The molecule has 2 amide bonds. The molecule has 1 aliphatic heterocycles. The zero-order valence-electron chi connectivity index (χ0n) is 15.3.